The third kappa shape index (κ3) is 6.76. The summed E-state index contributed by atoms with van der Waals surface area (Å²) in [6.45, 7) is 6.01. The standard InChI is InChI=1S/C11H23NO/c1-4-5-6-9(2)7-8-11(12)10(3)13/h9,11H,4-8,12H2,1-3H3/t9-,11+/m1/s1. The Morgan fingerprint density at radius 2 is 1.92 bits per heavy atom. The predicted octanol–water partition coefficient (Wildman–Crippen LogP) is 2.51. The minimum atomic E-state index is -0.232. The van der Waals surface area contributed by atoms with E-state index in [0.29, 0.717) is 5.92 Å². The summed E-state index contributed by atoms with van der Waals surface area (Å²) in [6.07, 6.45) is 5.74. The first-order valence-corrected chi connectivity index (χ1v) is 5.34. The molecule has 0 rings (SSSR count). The zero-order valence-corrected chi connectivity index (χ0v) is 9.18. The topological polar surface area (TPSA) is 43.1 Å². The zero-order valence-electron chi connectivity index (χ0n) is 9.18. The number of ketones is 1. The Kier molecular flexibility index (Phi) is 6.87. The summed E-state index contributed by atoms with van der Waals surface area (Å²) < 4.78 is 0. The summed E-state index contributed by atoms with van der Waals surface area (Å²) >= 11 is 0. The lowest BCUT2D eigenvalue weighted by molar-refractivity contribution is -0.118. The second-order valence-corrected chi connectivity index (χ2v) is 4.04. The van der Waals surface area contributed by atoms with Gasteiger partial charge in [-0.3, -0.25) is 4.79 Å². The molecule has 0 fully saturated rings. The maximum absolute atomic E-state index is 10.8. The molecular weight excluding hydrogens is 162 g/mol. The van der Waals surface area contributed by atoms with Gasteiger partial charge in [-0.15, -0.1) is 0 Å². The largest absolute Gasteiger partial charge is 0.322 e. The highest BCUT2D eigenvalue weighted by atomic mass is 16.1. The number of hydrogen-bond acceptors (Lipinski definition) is 2. The summed E-state index contributed by atoms with van der Waals surface area (Å²) in [5, 5.41) is 0. The summed E-state index contributed by atoms with van der Waals surface area (Å²) in [7, 11) is 0. The number of carbonyl (C=O) groups excluding carboxylic acids is 1. The molecule has 2 N–H and O–H groups in total. The Hall–Kier alpha value is -0.370. The zero-order chi connectivity index (χ0) is 10.3. The van der Waals surface area contributed by atoms with Crippen molar-refractivity contribution < 1.29 is 4.79 Å². The molecule has 0 aromatic heterocycles. The second-order valence-electron chi connectivity index (χ2n) is 4.04. The fourth-order valence-electron chi connectivity index (χ4n) is 1.36. The van der Waals surface area contributed by atoms with Gasteiger partial charge in [0.05, 0.1) is 6.04 Å². The van der Waals surface area contributed by atoms with E-state index in [2.05, 4.69) is 13.8 Å². The van der Waals surface area contributed by atoms with Crippen molar-refractivity contribution in [1.82, 2.24) is 0 Å². The molecule has 78 valence electrons. The molecule has 2 atom stereocenters. The SMILES string of the molecule is CCCC[C@@H](C)CC[C@H](N)C(C)=O. The molecule has 0 bridgehead atoms. The van der Waals surface area contributed by atoms with Crippen LogP contribution in [0.1, 0.15) is 52.9 Å². The van der Waals surface area contributed by atoms with Crippen molar-refractivity contribution in [2.75, 3.05) is 0 Å². The van der Waals surface area contributed by atoms with Crippen LogP contribution in [0, 0.1) is 5.92 Å². The highest BCUT2D eigenvalue weighted by molar-refractivity contribution is 5.80. The van der Waals surface area contributed by atoms with Gasteiger partial charge in [-0.25, -0.2) is 0 Å². The van der Waals surface area contributed by atoms with Crippen LogP contribution in [0.5, 0.6) is 0 Å². The first-order valence-electron chi connectivity index (χ1n) is 5.34. The average molecular weight is 185 g/mol. The first kappa shape index (κ1) is 12.6. The van der Waals surface area contributed by atoms with E-state index in [0.717, 1.165) is 12.8 Å². The van der Waals surface area contributed by atoms with Crippen molar-refractivity contribution in [3.63, 3.8) is 0 Å². The molecule has 2 heteroatoms. The van der Waals surface area contributed by atoms with Gasteiger partial charge >= 0.3 is 0 Å². The van der Waals surface area contributed by atoms with E-state index >= 15 is 0 Å². The van der Waals surface area contributed by atoms with E-state index in [1.165, 1.54) is 19.3 Å². The maximum atomic E-state index is 10.8. The van der Waals surface area contributed by atoms with E-state index < -0.39 is 0 Å². The summed E-state index contributed by atoms with van der Waals surface area (Å²) in [5.41, 5.74) is 5.64. The van der Waals surface area contributed by atoms with Crippen LogP contribution in [-0.2, 0) is 4.79 Å². The molecule has 0 saturated carbocycles. The molecule has 2 nitrogen and oxygen atoms in total. The van der Waals surface area contributed by atoms with Crippen molar-refractivity contribution in [2.24, 2.45) is 11.7 Å². The minimum Gasteiger partial charge on any atom is -0.322 e. The molecule has 0 heterocycles. The van der Waals surface area contributed by atoms with E-state index in [1.54, 1.807) is 6.92 Å². The van der Waals surface area contributed by atoms with Crippen LogP contribution in [0.25, 0.3) is 0 Å². The lowest BCUT2D eigenvalue weighted by Gasteiger charge is -2.12. The highest BCUT2D eigenvalue weighted by Gasteiger charge is 2.09. The average Bonchev–Trinajstić information content (AvgIpc) is 2.10. The van der Waals surface area contributed by atoms with Crippen LogP contribution in [0.3, 0.4) is 0 Å². The normalized spacial score (nSPS) is 15.4. The summed E-state index contributed by atoms with van der Waals surface area (Å²) in [5.74, 6) is 0.827. The molecule has 0 aliphatic carbocycles. The molecule has 0 aliphatic heterocycles. The Bertz CT molecular complexity index is 145. The molecule has 0 spiro atoms. The minimum absolute atomic E-state index is 0.114. The molecule has 0 aromatic rings. The monoisotopic (exact) mass is 185 g/mol. The third-order valence-corrected chi connectivity index (χ3v) is 2.54. The Morgan fingerprint density at radius 3 is 2.38 bits per heavy atom. The van der Waals surface area contributed by atoms with Gasteiger partial charge in [-0.2, -0.15) is 0 Å². The van der Waals surface area contributed by atoms with Crippen molar-refractivity contribution in [1.29, 1.82) is 0 Å². The van der Waals surface area contributed by atoms with E-state index in [4.69, 9.17) is 5.73 Å². The van der Waals surface area contributed by atoms with Gasteiger partial charge in [0.1, 0.15) is 5.78 Å². The van der Waals surface area contributed by atoms with E-state index in [9.17, 15) is 4.79 Å². The van der Waals surface area contributed by atoms with Crippen LogP contribution >= 0.6 is 0 Å². The lowest BCUT2D eigenvalue weighted by atomic mass is 9.96. The molecule has 0 unspecified atom stereocenters. The number of rotatable bonds is 7. The van der Waals surface area contributed by atoms with Gasteiger partial charge in [0, 0.05) is 0 Å². The predicted molar refractivity (Wildman–Crippen MR) is 56.6 cm³/mol. The quantitative estimate of drug-likeness (QED) is 0.662. The van der Waals surface area contributed by atoms with Gasteiger partial charge in [0.2, 0.25) is 0 Å². The fraction of sp³-hybridized carbons (Fsp3) is 0.909. The molecular formula is C11H23NO. The summed E-state index contributed by atoms with van der Waals surface area (Å²) in [4.78, 5) is 10.8. The second kappa shape index (κ2) is 7.07. The van der Waals surface area contributed by atoms with Crippen LogP contribution < -0.4 is 5.73 Å². The van der Waals surface area contributed by atoms with Crippen LogP contribution in [-0.4, -0.2) is 11.8 Å². The Balaban J connectivity index is 3.45. The smallest absolute Gasteiger partial charge is 0.146 e. The molecule has 0 radical (unpaired) electrons. The lowest BCUT2D eigenvalue weighted by Crippen LogP contribution is -2.28. The first-order chi connectivity index (χ1) is 6.07. The van der Waals surface area contributed by atoms with Crippen molar-refractivity contribution in [3.05, 3.63) is 0 Å². The third-order valence-electron chi connectivity index (χ3n) is 2.54. The van der Waals surface area contributed by atoms with Crippen molar-refractivity contribution in [2.45, 2.75) is 58.9 Å². The van der Waals surface area contributed by atoms with Gasteiger partial charge in [0.25, 0.3) is 0 Å². The van der Waals surface area contributed by atoms with E-state index in [-0.39, 0.29) is 11.8 Å². The molecule has 0 aliphatic rings. The van der Waals surface area contributed by atoms with Crippen LogP contribution in [0.4, 0.5) is 0 Å². The molecule has 0 aromatic carbocycles. The number of Topliss-reactive ketones (excluding diaryl/α,β-unsaturated/α-hetero) is 1. The van der Waals surface area contributed by atoms with Crippen molar-refractivity contribution in [3.8, 4) is 0 Å². The van der Waals surface area contributed by atoms with Gasteiger partial charge in [-0.05, 0) is 25.7 Å². The number of nitrogens with two attached hydrogens (primary N) is 1. The van der Waals surface area contributed by atoms with Gasteiger partial charge < -0.3 is 5.73 Å². The fourth-order valence-corrected chi connectivity index (χ4v) is 1.36. The highest BCUT2D eigenvalue weighted by Crippen LogP contribution is 2.14. The number of unbranched alkanes of at least 4 members (excludes halogenated alkanes) is 1. The number of hydrogen-bond donors (Lipinski definition) is 1. The van der Waals surface area contributed by atoms with Crippen molar-refractivity contribution >= 4 is 5.78 Å². The Labute approximate surface area is 81.9 Å². The molecule has 13 heavy (non-hydrogen) atoms. The Morgan fingerprint density at radius 1 is 1.31 bits per heavy atom. The molecule has 0 saturated heterocycles. The molecule has 0 amide bonds. The van der Waals surface area contributed by atoms with Gasteiger partial charge in [0.15, 0.2) is 0 Å². The maximum Gasteiger partial charge on any atom is 0.146 e. The van der Waals surface area contributed by atoms with Crippen LogP contribution in [0.2, 0.25) is 0 Å². The summed E-state index contributed by atoms with van der Waals surface area (Å²) in [6, 6.07) is -0.232. The van der Waals surface area contributed by atoms with Crippen LogP contribution in [0.15, 0.2) is 0 Å². The van der Waals surface area contributed by atoms with Gasteiger partial charge in [-0.1, -0.05) is 33.1 Å². The van der Waals surface area contributed by atoms with E-state index in [1.807, 2.05) is 0 Å². The number of carbonyl (C=O) groups is 1.